The second-order valence-corrected chi connectivity index (χ2v) is 6.89. The number of rotatable bonds is 6. The molecule has 0 saturated heterocycles. The predicted molar refractivity (Wildman–Crippen MR) is 114 cm³/mol. The number of hydrogen-bond donors (Lipinski definition) is 0. The maximum absolute atomic E-state index is 5.38. The number of aromatic nitrogens is 3. The van der Waals surface area contributed by atoms with Gasteiger partial charge in [0.1, 0.15) is 17.7 Å². The number of azo groups is 1. The topological polar surface area (TPSA) is 64.7 Å². The van der Waals surface area contributed by atoms with Gasteiger partial charge in [-0.15, -0.1) is 5.11 Å². The molecule has 6 heteroatoms. The average Bonchev–Trinajstić information content (AvgIpc) is 3.00. The Hall–Kier alpha value is -3.54. The number of nitrogens with zero attached hydrogens (tertiary/aromatic N) is 5. The lowest BCUT2D eigenvalue weighted by molar-refractivity contribution is 0.409. The highest BCUT2D eigenvalue weighted by Gasteiger charge is 2.16. The van der Waals surface area contributed by atoms with Crippen LogP contribution in [0, 0.1) is 13.8 Å². The van der Waals surface area contributed by atoms with E-state index in [4.69, 9.17) is 4.74 Å². The normalized spacial score (nSPS) is 11.4. The molecule has 0 bridgehead atoms. The number of fused-ring (bicyclic) bond motifs is 1. The van der Waals surface area contributed by atoms with E-state index in [1.807, 2.05) is 30.3 Å². The lowest BCUT2D eigenvalue weighted by Gasteiger charge is -2.07. The first-order chi connectivity index (χ1) is 14.2. The van der Waals surface area contributed by atoms with Gasteiger partial charge in [-0.05, 0) is 31.0 Å². The second kappa shape index (κ2) is 8.22. The molecule has 0 spiro atoms. The third-order valence-corrected chi connectivity index (χ3v) is 5.17. The summed E-state index contributed by atoms with van der Waals surface area (Å²) in [7, 11) is 1.66. The van der Waals surface area contributed by atoms with Gasteiger partial charge in [-0.3, -0.25) is 0 Å². The highest BCUT2D eigenvalue weighted by atomic mass is 16.5. The molecule has 2 heterocycles. The van der Waals surface area contributed by atoms with Gasteiger partial charge in [-0.1, -0.05) is 48.5 Å². The summed E-state index contributed by atoms with van der Waals surface area (Å²) in [4.78, 5) is 8.93. The lowest BCUT2D eigenvalue weighted by atomic mass is 10.2. The molecule has 0 aliphatic carbocycles. The molecule has 146 valence electrons. The molecule has 4 rings (SSSR count). The Balaban J connectivity index is 1.68. The van der Waals surface area contributed by atoms with E-state index in [1.54, 1.807) is 13.4 Å². The maximum Gasteiger partial charge on any atom is 0.186 e. The minimum absolute atomic E-state index is 0.429. The minimum atomic E-state index is 0.429. The largest absolute Gasteiger partial charge is 0.496 e. The third kappa shape index (κ3) is 3.74. The van der Waals surface area contributed by atoms with E-state index < -0.39 is 0 Å². The molecule has 0 saturated carbocycles. The summed E-state index contributed by atoms with van der Waals surface area (Å²) in [6, 6.07) is 18.2. The number of para-hydroxylation sites is 1. The summed E-state index contributed by atoms with van der Waals surface area (Å²) < 4.78 is 7.59. The Kier molecular flexibility index (Phi) is 5.33. The first-order valence-electron chi connectivity index (χ1n) is 9.52. The fourth-order valence-corrected chi connectivity index (χ4v) is 3.50. The maximum atomic E-state index is 5.38. The van der Waals surface area contributed by atoms with Crippen molar-refractivity contribution < 1.29 is 4.74 Å². The van der Waals surface area contributed by atoms with Crippen molar-refractivity contribution in [2.45, 2.75) is 26.9 Å². The van der Waals surface area contributed by atoms with Crippen LogP contribution in [0.25, 0.3) is 11.0 Å². The third-order valence-electron chi connectivity index (χ3n) is 5.17. The van der Waals surface area contributed by atoms with Crippen molar-refractivity contribution in [3.63, 3.8) is 0 Å². The first kappa shape index (κ1) is 18.8. The molecular weight excluding hydrogens is 362 g/mol. The Labute approximate surface area is 169 Å². The van der Waals surface area contributed by atoms with E-state index in [2.05, 4.69) is 62.9 Å². The fourth-order valence-electron chi connectivity index (χ4n) is 3.50. The minimum Gasteiger partial charge on any atom is -0.496 e. The Morgan fingerprint density at radius 3 is 2.52 bits per heavy atom. The van der Waals surface area contributed by atoms with Gasteiger partial charge in [-0.25, -0.2) is 9.97 Å². The van der Waals surface area contributed by atoms with E-state index in [0.29, 0.717) is 12.4 Å². The van der Waals surface area contributed by atoms with Crippen LogP contribution in [0.2, 0.25) is 0 Å². The van der Waals surface area contributed by atoms with Crippen LogP contribution < -0.4 is 4.74 Å². The SMILES string of the molecule is COc1ccccc1CN=Nc1ncnc2c1c(C)c(C)n2Cc1ccccc1. The van der Waals surface area contributed by atoms with Crippen LogP contribution in [0.5, 0.6) is 5.75 Å². The fraction of sp³-hybridized carbons (Fsp3) is 0.217. The Bertz CT molecular complexity index is 1160. The van der Waals surface area contributed by atoms with Gasteiger partial charge >= 0.3 is 0 Å². The molecule has 4 aromatic rings. The van der Waals surface area contributed by atoms with Gasteiger partial charge < -0.3 is 9.30 Å². The average molecular weight is 385 g/mol. The van der Waals surface area contributed by atoms with Crippen LogP contribution in [-0.2, 0) is 13.1 Å². The summed E-state index contributed by atoms with van der Waals surface area (Å²) in [6.45, 7) is 5.38. The molecule has 0 aliphatic heterocycles. The summed E-state index contributed by atoms with van der Waals surface area (Å²) in [6.07, 6.45) is 1.56. The number of aryl methyl sites for hydroxylation is 1. The second-order valence-electron chi connectivity index (χ2n) is 6.89. The zero-order chi connectivity index (χ0) is 20.2. The van der Waals surface area contributed by atoms with Crippen molar-refractivity contribution in [3.8, 4) is 5.75 Å². The summed E-state index contributed by atoms with van der Waals surface area (Å²) in [5, 5.41) is 9.76. The van der Waals surface area contributed by atoms with E-state index in [0.717, 1.165) is 40.1 Å². The number of hydrogen-bond acceptors (Lipinski definition) is 5. The molecular formula is C23H23N5O. The van der Waals surface area contributed by atoms with Gasteiger partial charge in [-0.2, -0.15) is 5.11 Å². The summed E-state index contributed by atoms with van der Waals surface area (Å²) in [5.74, 6) is 1.40. The van der Waals surface area contributed by atoms with Crippen molar-refractivity contribution in [1.82, 2.24) is 14.5 Å². The quantitative estimate of drug-likeness (QED) is 0.418. The van der Waals surface area contributed by atoms with Crippen molar-refractivity contribution in [2.24, 2.45) is 10.2 Å². The van der Waals surface area contributed by atoms with Gasteiger partial charge in [0, 0.05) is 17.8 Å². The highest BCUT2D eigenvalue weighted by Crippen LogP contribution is 2.31. The zero-order valence-electron chi connectivity index (χ0n) is 16.8. The van der Waals surface area contributed by atoms with Gasteiger partial charge in [0.15, 0.2) is 5.82 Å². The molecule has 2 aromatic heterocycles. The van der Waals surface area contributed by atoms with Gasteiger partial charge in [0.25, 0.3) is 0 Å². The van der Waals surface area contributed by atoms with Crippen molar-refractivity contribution in [2.75, 3.05) is 7.11 Å². The standard InChI is InChI=1S/C23H23N5O/c1-16-17(2)28(14-18-9-5-4-6-10-18)23-21(16)22(24-15-25-23)27-26-13-19-11-7-8-12-20(19)29-3/h4-12,15H,13-14H2,1-3H3. The monoisotopic (exact) mass is 385 g/mol. The molecule has 29 heavy (non-hydrogen) atoms. The summed E-state index contributed by atoms with van der Waals surface area (Å²) in [5.41, 5.74) is 5.38. The Morgan fingerprint density at radius 2 is 1.72 bits per heavy atom. The zero-order valence-corrected chi connectivity index (χ0v) is 16.8. The van der Waals surface area contributed by atoms with Crippen LogP contribution in [0.3, 0.4) is 0 Å². The van der Waals surface area contributed by atoms with Crippen LogP contribution in [0.15, 0.2) is 71.2 Å². The van der Waals surface area contributed by atoms with Crippen LogP contribution in [0.4, 0.5) is 5.82 Å². The molecule has 0 unspecified atom stereocenters. The van der Waals surface area contributed by atoms with Crippen molar-refractivity contribution in [3.05, 3.63) is 83.3 Å². The summed E-state index contributed by atoms with van der Waals surface area (Å²) >= 11 is 0. The lowest BCUT2D eigenvalue weighted by Crippen LogP contribution is -2.02. The van der Waals surface area contributed by atoms with E-state index in [1.165, 1.54) is 5.56 Å². The van der Waals surface area contributed by atoms with Crippen molar-refractivity contribution >= 4 is 16.9 Å². The van der Waals surface area contributed by atoms with Gasteiger partial charge in [0.2, 0.25) is 0 Å². The van der Waals surface area contributed by atoms with Crippen molar-refractivity contribution in [1.29, 1.82) is 0 Å². The van der Waals surface area contributed by atoms with Crippen LogP contribution in [0.1, 0.15) is 22.4 Å². The molecule has 6 nitrogen and oxygen atoms in total. The Morgan fingerprint density at radius 1 is 0.966 bits per heavy atom. The molecule has 0 radical (unpaired) electrons. The highest BCUT2D eigenvalue weighted by molar-refractivity contribution is 5.90. The molecule has 0 fully saturated rings. The van der Waals surface area contributed by atoms with E-state index in [9.17, 15) is 0 Å². The van der Waals surface area contributed by atoms with E-state index in [-0.39, 0.29) is 0 Å². The molecule has 0 amide bonds. The predicted octanol–water partition coefficient (Wildman–Crippen LogP) is 5.39. The first-order valence-corrected chi connectivity index (χ1v) is 9.52. The van der Waals surface area contributed by atoms with Crippen LogP contribution >= 0.6 is 0 Å². The molecule has 0 aliphatic rings. The number of benzene rings is 2. The molecule has 0 atom stereocenters. The molecule has 0 N–H and O–H groups in total. The van der Waals surface area contributed by atoms with Crippen LogP contribution in [-0.4, -0.2) is 21.6 Å². The number of methoxy groups -OCH3 is 1. The van der Waals surface area contributed by atoms with E-state index >= 15 is 0 Å². The van der Waals surface area contributed by atoms with Gasteiger partial charge in [0.05, 0.1) is 19.0 Å². The molecule has 2 aromatic carbocycles. The number of ether oxygens (including phenoxy) is 1. The smallest absolute Gasteiger partial charge is 0.186 e.